The minimum atomic E-state index is -3.74. The Morgan fingerprint density at radius 3 is 2.20 bits per heavy atom. The summed E-state index contributed by atoms with van der Waals surface area (Å²) in [4.78, 5) is 14.3. The number of rotatable bonds is 5. The van der Waals surface area contributed by atoms with Crippen LogP contribution in [-0.4, -0.2) is 32.3 Å². The molecule has 132 valence electrons. The van der Waals surface area contributed by atoms with E-state index in [0.717, 1.165) is 37.1 Å². The zero-order valence-electron chi connectivity index (χ0n) is 14.0. The first-order valence-electron chi connectivity index (χ1n) is 8.40. The van der Waals surface area contributed by atoms with Gasteiger partial charge in [-0.05, 0) is 42.0 Å². The third-order valence-corrected chi connectivity index (χ3v) is 5.52. The molecule has 1 fully saturated rings. The molecule has 1 aliphatic heterocycles. The van der Waals surface area contributed by atoms with Crippen LogP contribution in [0.5, 0.6) is 0 Å². The van der Waals surface area contributed by atoms with E-state index in [0.29, 0.717) is 18.4 Å². The summed E-state index contributed by atoms with van der Waals surface area (Å²) < 4.78 is 23.4. The minimum absolute atomic E-state index is 0.156. The molecule has 2 aromatic carbocycles. The molecule has 1 saturated heterocycles. The molecular formula is C19H22N2O3S. The van der Waals surface area contributed by atoms with Gasteiger partial charge in [0, 0.05) is 13.1 Å². The van der Waals surface area contributed by atoms with Gasteiger partial charge < -0.3 is 4.90 Å². The van der Waals surface area contributed by atoms with E-state index in [1.165, 1.54) is 6.07 Å². The molecule has 3 rings (SSSR count). The summed E-state index contributed by atoms with van der Waals surface area (Å²) in [6, 6.07) is 14.5. The average Bonchev–Trinajstić information content (AvgIpc) is 3.11. The Morgan fingerprint density at radius 1 is 0.960 bits per heavy atom. The molecule has 1 heterocycles. The van der Waals surface area contributed by atoms with Gasteiger partial charge in [0.2, 0.25) is 15.9 Å². The number of nitrogens with zero attached hydrogens (tertiary/aromatic N) is 1. The molecule has 5 nitrogen and oxygen atoms in total. The normalized spacial score (nSPS) is 14.7. The first-order chi connectivity index (χ1) is 11.9. The highest BCUT2D eigenvalue weighted by Gasteiger charge is 2.18. The van der Waals surface area contributed by atoms with Crippen LogP contribution >= 0.6 is 0 Å². The second kappa shape index (κ2) is 7.37. The maximum Gasteiger partial charge on any atom is 0.238 e. The smallest absolute Gasteiger partial charge is 0.238 e. The van der Waals surface area contributed by atoms with Crippen molar-refractivity contribution >= 4 is 15.9 Å². The number of amides is 1. The second-order valence-electron chi connectivity index (χ2n) is 6.41. The van der Waals surface area contributed by atoms with Crippen molar-refractivity contribution < 1.29 is 13.2 Å². The lowest BCUT2D eigenvalue weighted by Gasteiger charge is -2.15. The van der Waals surface area contributed by atoms with Gasteiger partial charge in [0.25, 0.3) is 0 Å². The van der Waals surface area contributed by atoms with Crippen LogP contribution in [0.25, 0.3) is 0 Å². The van der Waals surface area contributed by atoms with E-state index in [9.17, 15) is 13.2 Å². The summed E-state index contributed by atoms with van der Waals surface area (Å²) >= 11 is 0. The van der Waals surface area contributed by atoms with Crippen LogP contribution in [-0.2, 0) is 27.7 Å². The molecule has 0 atom stereocenters. The zero-order chi connectivity index (χ0) is 17.9. The number of likely N-dealkylation sites (tertiary alicyclic amines) is 1. The summed E-state index contributed by atoms with van der Waals surface area (Å²) in [7, 11) is -3.74. The summed E-state index contributed by atoms with van der Waals surface area (Å²) in [5, 5.41) is 5.28. The largest absolute Gasteiger partial charge is 0.342 e. The fourth-order valence-corrected chi connectivity index (χ4v) is 3.95. The summed E-state index contributed by atoms with van der Waals surface area (Å²) in [6.07, 6.45) is 3.07. The molecule has 0 bridgehead atoms. The Labute approximate surface area is 148 Å². The van der Waals surface area contributed by atoms with Crippen LogP contribution in [0.4, 0.5) is 0 Å². The molecule has 1 aliphatic rings. The molecular weight excluding hydrogens is 336 g/mol. The Bertz CT molecular complexity index is 854. The SMILES string of the molecule is NS(=O)(=O)c1ccccc1Cc1ccc(CC(=O)N2CCCC2)cc1. The van der Waals surface area contributed by atoms with E-state index >= 15 is 0 Å². The zero-order valence-corrected chi connectivity index (χ0v) is 14.8. The standard InChI is InChI=1S/C19H22N2O3S/c20-25(23,24)18-6-2-1-5-17(18)13-15-7-9-16(10-8-15)14-19(22)21-11-3-4-12-21/h1-2,5-10H,3-4,11-14H2,(H2,20,23,24). The molecule has 2 N–H and O–H groups in total. The predicted molar refractivity (Wildman–Crippen MR) is 96.6 cm³/mol. The third kappa shape index (κ3) is 4.46. The number of hydrogen-bond donors (Lipinski definition) is 1. The summed E-state index contributed by atoms with van der Waals surface area (Å²) in [5.74, 6) is 0.171. The average molecular weight is 358 g/mol. The quantitative estimate of drug-likeness (QED) is 0.889. The number of carbonyl (C=O) groups is 1. The van der Waals surface area contributed by atoms with E-state index in [1.54, 1.807) is 18.2 Å². The lowest BCUT2D eigenvalue weighted by atomic mass is 10.0. The molecule has 2 aromatic rings. The van der Waals surface area contributed by atoms with E-state index < -0.39 is 10.0 Å². The van der Waals surface area contributed by atoms with Gasteiger partial charge in [-0.25, -0.2) is 13.6 Å². The van der Waals surface area contributed by atoms with Crippen molar-refractivity contribution in [2.45, 2.75) is 30.6 Å². The van der Waals surface area contributed by atoms with Gasteiger partial charge in [-0.2, -0.15) is 0 Å². The Morgan fingerprint density at radius 2 is 1.56 bits per heavy atom. The first-order valence-corrected chi connectivity index (χ1v) is 9.94. The molecule has 0 aromatic heterocycles. The maximum atomic E-state index is 12.2. The Balaban J connectivity index is 1.70. The molecule has 0 unspecified atom stereocenters. The van der Waals surface area contributed by atoms with Crippen LogP contribution < -0.4 is 5.14 Å². The predicted octanol–water partition coefficient (Wildman–Crippen LogP) is 2.09. The summed E-state index contributed by atoms with van der Waals surface area (Å²) in [6.45, 7) is 1.72. The van der Waals surface area contributed by atoms with Crippen LogP contribution in [0.1, 0.15) is 29.5 Å². The minimum Gasteiger partial charge on any atom is -0.342 e. The highest BCUT2D eigenvalue weighted by Crippen LogP contribution is 2.19. The van der Waals surface area contributed by atoms with Crippen molar-refractivity contribution in [2.24, 2.45) is 5.14 Å². The van der Waals surface area contributed by atoms with Crippen molar-refractivity contribution in [1.29, 1.82) is 0 Å². The lowest BCUT2D eigenvalue weighted by molar-refractivity contribution is -0.129. The number of carbonyl (C=O) groups excluding carboxylic acids is 1. The Kier molecular flexibility index (Phi) is 5.20. The molecule has 0 spiro atoms. The topological polar surface area (TPSA) is 80.5 Å². The fourth-order valence-electron chi connectivity index (χ4n) is 3.18. The van der Waals surface area contributed by atoms with Crippen molar-refractivity contribution in [2.75, 3.05) is 13.1 Å². The number of sulfonamides is 1. The van der Waals surface area contributed by atoms with Gasteiger partial charge in [-0.3, -0.25) is 4.79 Å². The first kappa shape index (κ1) is 17.6. The highest BCUT2D eigenvalue weighted by atomic mass is 32.2. The van der Waals surface area contributed by atoms with Gasteiger partial charge in [0.1, 0.15) is 0 Å². The van der Waals surface area contributed by atoms with Crippen molar-refractivity contribution in [3.8, 4) is 0 Å². The fraction of sp³-hybridized carbons (Fsp3) is 0.316. The molecule has 0 aliphatic carbocycles. The Hall–Kier alpha value is -2.18. The molecule has 25 heavy (non-hydrogen) atoms. The van der Waals surface area contributed by atoms with E-state index in [1.807, 2.05) is 29.2 Å². The lowest BCUT2D eigenvalue weighted by Crippen LogP contribution is -2.29. The van der Waals surface area contributed by atoms with Gasteiger partial charge in [0.05, 0.1) is 11.3 Å². The highest BCUT2D eigenvalue weighted by molar-refractivity contribution is 7.89. The van der Waals surface area contributed by atoms with E-state index in [2.05, 4.69) is 0 Å². The van der Waals surface area contributed by atoms with Crippen molar-refractivity contribution in [1.82, 2.24) is 4.90 Å². The second-order valence-corrected chi connectivity index (χ2v) is 7.94. The van der Waals surface area contributed by atoms with Crippen LogP contribution in [0.3, 0.4) is 0 Å². The maximum absolute atomic E-state index is 12.2. The number of benzene rings is 2. The van der Waals surface area contributed by atoms with Gasteiger partial charge in [-0.15, -0.1) is 0 Å². The molecule has 6 heteroatoms. The van der Waals surface area contributed by atoms with Crippen molar-refractivity contribution in [3.63, 3.8) is 0 Å². The van der Waals surface area contributed by atoms with Gasteiger partial charge in [0.15, 0.2) is 0 Å². The van der Waals surface area contributed by atoms with Crippen LogP contribution in [0.15, 0.2) is 53.4 Å². The third-order valence-electron chi connectivity index (χ3n) is 4.51. The van der Waals surface area contributed by atoms with E-state index in [-0.39, 0.29) is 10.8 Å². The monoisotopic (exact) mass is 358 g/mol. The number of nitrogens with two attached hydrogens (primary N) is 1. The molecule has 0 saturated carbocycles. The van der Waals surface area contributed by atoms with E-state index in [4.69, 9.17) is 5.14 Å². The van der Waals surface area contributed by atoms with Crippen LogP contribution in [0.2, 0.25) is 0 Å². The molecule has 0 radical (unpaired) electrons. The van der Waals surface area contributed by atoms with Crippen LogP contribution in [0, 0.1) is 0 Å². The van der Waals surface area contributed by atoms with Gasteiger partial charge >= 0.3 is 0 Å². The number of primary sulfonamides is 1. The summed E-state index contributed by atoms with van der Waals surface area (Å²) in [5.41, 5.74) is 2.62. The molecule has 1 amide bonds. The number of hydrogen-bond acceptors (Lipinski definition) is 3. The van der Waals surface area contributed by atoms with Gasteiger partial charge in [-0.1, -0.05) is 42.5 Å². The van der Waals surface area contributed by atoms with Crippen molar-refractivity contribution in [3.05, 3.63) is 65.2 Å².